The molecule has 0 amide bonds. The summed E-state index contributed by atoms with van der Waals surface area (Å²) in [6, 6.07) is 8.76. The minimum Gasteiger partial charge on any atom is -0.606 e. The third-order valence-electron chi connectivity index (χ3n) is 2.71. The van der Waals surface area contributed by atoms with Gasteiger partial charge in [0.15, 0.2) is 9.79 Å². The lowest BCUT2D eigenvalue weighted by molar-refractivity contribution is 0.584. The molecule has 0 fully saturated rings. The lowest BCUT2D eigenvalue weighted by Gasteiger charge is -2.11. The molecule has 0 radical (unpaired) electrons. The Labute approximate surface area is 108 Å². The first-order valence-corrected chi connectivity index (χ1v) is 6.58. The molecule has 0 N–H and O–H groups in total. The third kappa shape index (κ3) is 2.54. The van der Waals surface area contributed by atoms with Crippen LogP contribution in [-0.4, -0.2) is 4.55 Å². The Morgan fingerprint density at radius 2 is 1.22 bits per heavy atom. The van der Waals surface area contributed by atoms with Gasteiger partial charge in [0.25, 0.3) is 0 Å². The summed E-state index contributed by atoms with van der Waals surface area (Å²) in [6.45, 7) is 3.27. The minimum atomic E-state index is -1.56. The molecule has 94 valence electrons. The van der Waals surface area contributed by atoms with Crippen molar-refractivity contribution < 1.29 is 13.3 Å². The molecule has 0 aliphatic carbocycles. The van der Waals surface area contributed by atoms with E-state index in [1.165, 1.54) is 12.1 Å². The summed E-state index contributed by atoms with van der Waals surface area (Å²) in [4.78, 5) is 0.669. The maximum absolute atomic E-state index is 13.4. The van der Waals surface area contributed by atoms with Crippen molar-refractivity contribution in [1.29, 1.82) is 0 Å². The Morgan fingerprint density at radius 3 is 1.56 bits per heavy atom. The lowest BCUT2D eigenvalue weighted by atomic mass is 10.2. The average Bonchev–Trinajstić information content (AvgIpc) is 2.35. The second-order valence-electron chi connectivity index (χ2n) is 4.09. The second kappa shape index (κ2) is 5.08. The molecular formula is C14H12F2OS. The number of benzene rings is 2. The largest absolute Gasteiger partial charge is 0.606 e. The average molecular weight is 266 g/mol. The van der Waals surface area contributed by atoms with Crippen molar-refractivity contribution in [3.05, 3.63) is 59.2 Å². The van der Waals surface area contributed by atoms with E-state index in [1.54, 1.807) is 38.1 Å². The molecule has 18 heavy (non-hydrogen) atoms. The smallest absolute Gasteiger partial charge is 0.161 e. The molecule has 0 saturated carbocycles. The molecule has 0 aliphatic heterocycles. The predicted molar refractivity (Wildman–Crippen MR) is 66.9 cm³/mol. The van der Waals surface area contributed by atoms with Crippen molar-refractivity contribution in [3.8, 4) is 0 Å². The Bertz CT molecular complexity index is 533. The molecule has 2 aromatic carbocycles. The zero-order chi connectivity index (χ0) is 13.3. The highest BCUT2D eigenvalue weighted by Gasteiger charge is 2.17. The standard InChI is InChI=1S/C14H12F2OS/c1-9-3-5-11(7-13(9)15)18(17)12-6-4-10(2)14(16)8-12/h3-8H,1-2H3. The molecule has 0 bridgehead atoms. The predicted octanol–water partition coefficient (Wildman–Crippen LogP) is 3.75. The fraction of sp³-hybridized carbons (Fsp3) is 0.143. The first-order valence-electron chi connectivity index (χ1n) is 5.43. The second-order valence-corrected chi connectivity index (χ2v) is 5.57. The number of halogens is 2. The van der Waals surface area contributed by atoms with Gasteiger partial charge in [-0.05, 0) is 37.1 Å². The van der Waals surface area contributed by atoms with Crippen LogP contribution in [0.1, 0.15) is 11.1 Å². The van der Waals surface area contributed by atoms with Gasteiger partial charge in [0.05, 0.1) is 0 Å². The maximum atomic E-state index is 13.4. The van der Waals surface area contributed by atoms with Gasteiger partial charge in [-0.1, -0.05) is 12.1 Å². The van der Waals surface area contributed by atoms with E-state index in [9.17, 15) is 13.3 Å². The highest BCUT2D eigenvalue weighted by Crippen LogP contribution is 2.24. The molecule has 1 nitrogen and oxygen atoms in total. The number of hydrogen-bond donors (Lipinski definition) is 0. The summed E-state index contributed by atoms with van der Waals surface area (Å²) in [5.74, 6) is -0.818. The van der Waals surface area contributed by atoms with E-state index in [0.29, 0.717) is 20.9 Å². The van der Waals surface area contributed by atoms with Crippen molar-refractivity contribution >= 4 is 11.2 Å². The van der Waals surface area contributed by atoms with Gasteiger partial charge < -0.3 is 4.55 Å². The van der Waals surface area contributed by atoms with Gasteiger partial charge in [-0.2, -0.15) is 0 Å². The van der Waals surface area contributed by atoms with Crippen LogP contribution >= 0.6 is 0 Å². The van der Waals surface area contributed by atoms with Crippen molar-refractivity contribution in [2.75, 3.05) is 0 Å². The van der Waals surface area contributed by atoms with Crippen molar-refractivity contribution in [2.45, 2.75) is 23.6 Å². The van der Waals surface area contributed by atoms with Gasteiger partial charge in [0, 0.05) is 23.3 Å². The molecule has 0 heterocycles. The van der Waals surface area contributed by atoms with Gasteiger partial charge in [-0.25, -0.2) is 8.78 Å². The van der Waals surface area contributed by atoms with Crippen LogP contribution in [0.3, 0.4) is 0 Å². The summed E-state index contributed by atoms with van der Waals surface area (Å²) in [5.41, 5.74) is 0.983. The van der Waals surface area contributed by atoms with E-state index in [-0.39, 0.29) is 0 Å². The van der Waals surface area contributed by atoms with Crippen molar-refractivity contribution in [2.24, 2.45) is 0 Å². The molecule has 0 spiro atoms. The van der Waals surface area contributed by atoms with Gasteiger partial charge in [-0.3, -0.25) is 0 Å². The molecule has 0 unspecified atom stereocenters. The fourth-order valence-corrected chi connectivity index (χ4v) is 2.59. The molecule has 0 atom stereocenters. The van der Waals surface area contributed by atoms with Gasteiger partial charge in [-0.15, -0.1) is 0 Å². The SMILES string of the molecule is Cc1ccc([S+]([O-])c2ccc(C)c(F)c2)cc1F. The monoisotopic (exact) mass is 266 g/mol. The quantitative estimate of drug-likeness (QED) is 0.759. The summed E-state index contributed by atoms with van der Waals surface area (Å²) in [5, 5.41) is 0. The topological polar surface area (TPSA) is 23.1 Å². The van der Waals surface area contributed by atoms with E-state index in [4.69, 9.17) is 0 Å². The normalized spacial score (nSPS) is 11.0. The van der Waals surface area contributed by atoms with E-state index >= 15 is 0 Å². The summed E-state index contributed by atoms with van der Waals surface area (Å²) < 4.78 is 38.9. The van der Waals surface area contributed by atoms with Crippen LogP contribution in [0.15, 0.2) is 46.2 Å². The van der Waals surface area contributed by atoms with Crippen LogP contribution in [-0.2, 0) is 11.2 Å². The molecule has 0 aromatic heterocycles. The maximum Gasteiger partial charge on any atom is 0.161 e. The van der Waals surface area contributed by atoms with Gasteiger partial charge in [0.2, 0.25) is 0 Å². The van der Waals surface area contributed by atoms with Crippen LogP contribution in [0.4, 0.5) is 8.78 Å². The Hall–Kier alpha value is -1.39. The van der Waals surface area contributed by atoms with E-state index in [2.05, 4.69) is 0 Å². The van der Waals surface area contributed by atoms with Crippen LogP contribution in [0, 0.1) is 25.5 Å². The molecule has 2 rings (SSSR count). The zero-order valence-corrected chi connectivity index (χ0v) is 10.9. The zero-order valence-electron chi connectivity index (χ0n) is 10.0. The Morgan fingerprint density at radius 1 is 0.833 bits per heavy atom. The molecule has 0 saturated heterocycles. The summed E-state index contributed by atoms with van der Waals surface area (Å²) in [7, 11) is 0. The fourth-order valence-electron chi connectivity index (χ4n) is 1.51. The number of rotatable bonds is 2. The summed E-state index contributed by atoms with van der Waals surface area (Å²) >= 11 is -1.56. The van der Waals surface area contributed by atoms with Crippen LogP contribution < -0.4 is 0 Å². The minimum absolute atomic E-state index is 0.335. The Balaban J connectivity index is 2.37. The Kier molecular flexibility index (Phi) is 3.68. The van der Waals surface area contributed by atoms with Crippen LogP contribution in [0.2, 0.25) is 0 Å². The number of hydrogen-bond acceptors (Lipinski definition) is 1. The van der Waals surface area contributed by atoms with Crippen LogP contribution in [0.5, 0.6) is 0 Å². The highest BCUT2D eigenvalue weighted by molar-refractivity contribution is 7.91. The first kappa shape index (κ1) is 13.1. The lowest BCUT2D eigenvalue weighted by Crippen LogP contribution is -2.04. The first-order chi connectivity index (χ1) is 8.49. The van der Waals surface area contributed by atoms with Crippen LogP contribution in [0.25, 0.3) is 0 Å². The molecular weight excluding hydrogens is 254 g/mol. The summed E-state index contributed by atoms with van der Waals surface area (Å²) in [6.07, 6.45) is 0. The van der Waals surface area contributed by atoms with Crippen molar-refractivity contribution in [1.82, 2.24) is 0 Å². The molecule has 0 aliphatic rings. The third-order valence-corrected chi connectivity index (χ3v) is 4.08. The molecule has 2 aromatic rings. The molecule has 4 heteroatoms. The highest BCUT2D eigenvalue weighted by atomic mass is 32.2. The van der Waals surface area contributed by atoms with Gasteiger partial charge >= 0.3 is 0 Å². The van der Waals surface area contributed by atoms with E-state index < -0.39 is 22.8 Å². The van der Waals surface area contributed by atoms with E-state index in [0.717, 1.165) is 0 Å². The van der Waals surface area contributed by atoms with Gasteiger partial charge in [0.1, 0.15) is 11.6 Å². The van der Waals surface area contributed by atoms with E-state index in [1.807, 2.05) is 0 Å². The van der Waals surface area contributed by atoms with Crippen molar-refractivity contribution in [3.63, 3.8) is 0 Å². The number of aryl methyl sites for hydroxylation is 2.